The third-order valence-corrected chi connectivity index (χ3v) is 11.3. The molecule has 202 valence electrons. The summed E-state index contributed by atoms with van der Waals surface area (Å²) >= 11 is 0. The van der Waals surface area contributed by atoms with E-state index in [2.05, 4.69) is 13.8 Å². The number of rotatable bonds is 5. The molecule has 4 aliphatic carbocycles. The van der Waals surface area contributed by atoms with Gasteiger partial charge in [-0.25, -0.2) is 0 Å². The van der Waals surface area contributed by atoms with Crippen molar-refractivity contribution in [1.29, 1.82) is 0 Å². The molecule has 0 aromatic carbocycles. The fourth-order valence-corrected chi connectivity index (χ4v) is 9.60. The SMILES string of the molecule is C[C@@]1(CO[C@@H]2O[C@H](CO)[C@@H](O)[C@H](O)[C@H]2O)CCC[C@]2(C)[C@@H]1CC[C@@]13C[C@@H](CC[C@@H]21)[C@@](O)(CO)[C@@H]3O. The van der Waals surface area contributed by atoms with Gasteiger partial charge in [0.05, 0.1) is 25.9 Å². The second-order valence-electron chi connectivity index (χ2n) is 12.9. The molecule has 2 bridgehead atoms. The first-order valence-electron chi connectivity index (χ1n) is 13.4. The third-order valence-electron chi connectivity index (χ3n) is 11.3. The first-order valence-corrected chi connectivity index (χ1v) is 13.4. The molecule has 0 unspecified atom stereocenters. The fraction of sp³-hybridized carbons (Fsp3) is 1.00. The van der Waals surface area contributed by atoms with Crippen LogP contribution in [0.25, 0.3) is 0 Å². The Kier molecular flexibility index (Phi) is 6.64. The Morgan fingerprint density at radius 3 is 2.31 bits per heavy atom. The van der Waals surface area contributed by atoms with E-state index in [1.807, 2.05) is 0 Å². The van der Waals surface area contributed by atoms with Crippen LogP contribution in [0.2, 0.25) is 0 Å². The molecule has 5 fully saturated rings. The smallest absolute Gasteiger partial charge is 0.186 e. The average molecular weight is 501 g/mol. The largest absolute Gasteiger partial charge is 0.394 e. The van der Waals surface area contributed by atoms with E-state index in [0.29, 0.717) is 12.5 Å². The Morgan fingerprint density at radius 1 is 0.886 bits per heavy atom. The van der Waals surface area contributed by atoms with Crippen molar-refractivity contribution in [3.05, 3.63) is 0 Å². The van der Waals surface area contributed by atoms with Gasteiger partial charge >= 0.3 is 0 Å². The quantitative estimate of drug-likeness (QED) is 0.274. The van der Waals surface area contributed by atoms with Gasteiger partial charge in [-0.1, -0.05) is 20.3 Å². The predicted octanol–water partition coefficient (Wildman–Crippen LogP) is -0.0900. The van der Waals surface area contributed by atoms with E-state index >= 15 is 0 Å². The minimum atomic E-state index is -1.46. The van der Waals surface area contributed by atoms with Gasteiger partial charge in [0.25, 0.3) is 0 Å². The molecule has 0 aromatic heterocycles. The normalized spacial score (nSPS) is 58.0. The van der Waals surface area contributed by atoms with Crippen LogP contribution >= 0.6 is 0 Å². The van der Waals surface area contributed by atoms with E-state index in [1.54, 1.807) is 0 Å². The molecule has 0 radical (unpaired) electrons. The lowest BCUT2D eigenvalue weighted by atomic mass is 9.40. The molecule has 9 heteroatoms. The van der Waals surface area contributed by atoms with E-state index in [9.17, 15) is 35.7 Å². The molecular formula is C26H44O9. The number of hydrogen-bond acceptors (Lipinski definition) is 9. The molecule has 4 saturated carbocycles. The van der Waals surface area contributed by atoms with E-state index < -0.39 is 55.6 Å². The summed E-state index contributed by atoms with van der Waals surface area (Å²) in [6.07, 6.45) is -0.201. The standard InChI is InChI=1S/C26H44O9/c1-23(13-34-21-20(31)19(30)18(29)15(11-27)35-21)7-3-8-24(2)16(23)6-9-25-10-14(4-5-17(24)25)26(33,12-28)22(25)32/h14-22,27-33H,3-13H2,1-2H3/t14-,15-,16-,17+,18-,19+,20-,21-,22-,23+,24-,25-,26+/m1/s1. The molecule has 1 saturated heterocycles. The summed E-state index contributed by atoms with van der Waals surface area (Å²) in [5.41, 5.74) is -2.07. The van der Waals surface area contributed by atoms with Crippen molar-refractivity contribution in [3.63, 3.8) is 0 Å². The van der Waals surface area contributed by atoms with Gasteiger partial charge in [-0.15, -0.1) is 0 Å². The van der Waals surface area contributed by atoms with Crippen molar-refractivity contribution in [3.8, 4) is 0 Å². The zero-order chi connectivity index (χ0) is 25.4. The molecule has 0 aromatic rings. The Morgan fingerprint density at radius 2 is 1.63 bits per heavy atom. The van der Waals surface area contributed by atoms with Crippen molar-refractivity contribution in [2.24, 2.45) is 34.0 Å². The van der Waals surface area contributed by atoms with Gasteiger partial charge < -0.3 is 45.2 Å². The van der Waals surface area contributed by atoms with Crippen LogP contribution in [0.3, 0.4) is 0 Å². The predicted molar refractivity (Wildman–Crippen MR) is 124 cm³/mol. The molecule has 9 nitrogen and oxygen atoms in total. The maximum absolute atomic E-state index is 11.4. The van der Waals surface area contributed by atoms with E-state index in [1.165, 1.54) is 0 Å². The molecule has 35 heavy (non-hydrogen) atoms. The van der Waals surface area contributed by atoms with Gasteiger partial charge in [0.15, 0.2) is 6.29 Å². The monoisotopic (exact) mass is 500 g/mol. The zero-order valence-corrected chi connectivity index (χ0v) is 20.9. The number of fused-ring (bicyclic) bond motifs is 3. The van der Waals surface area contributed by atoms with E-state index in [0.717, 1.165) is 51.4 Å². The molecule has 13 atom stereocenters. The van der Waals surface area contributed by atoms with Crippen molar-refractivity contribution in [2.45, 2.75) is 108 Å². The highest BCUT2D eigenvalue weighted by molar-refractivity contribution is 5.21. The summed E-state index contributed by atoms with van der Waals surface area (Å²) in [5, 5.41) is 72.7. The summed E-state index contributed by atoms with van der Waals surface area (Å²) in [5.74, 6) is 0.478. The molecule has 1 heterocycles. The lowest BCUT2D eigenvalue weighted by Gasteiger charge is -2.64. The van der Waals surface area contributed by atoms with Gasteiger partial charge in [-0.05, 0) is 73.5 Å². The number of aliphatic hydroxyl groups is 7. The van der Waals surface area contributed by atoms with Crippen LogP contribution in [0.1, 0.15) is 65.2 Å². The Labute approximate surface area is 207 Å². The van der Waals surface area contributed by atoms with Crippen LogP contribution in [-0.4, -0.2) is 98.0 Å². The summed E-state index contributed by atoms with van der Waals surface area (Å²) in [7, 11) is 0. The van der Waals surface area contributed by atoms with Crippen LogP contribution in [0.4, 0.5) is 0 Å². The maximum atomic E-state index is 11.4. The van der Waals surface area contributed by atoms with Crippen LogP contribution in [-0.2, 0) is 9.47 Å². The minimum Gasteiger partial charge on any atom is -0.394 e. The Balaban J connectivity index is 1.36. The van der Waals surface area contributed by atoms with Crippen molar-refractivity contribution < 1.29 is 45.2 Å². The van der Waals surface area contributed by atoms with Gasteiger partial charge in [-0.2, -0.15) is 0 Å². The average Bonchev–Trinajstić information content (AvgIpc) is 2.99. The van der Waals surface area contributed by atoms with Crippen molar-refractivity contribution in [2.75, 3.05) is 19.8 Å². The molecule has 1 spiro atoms. The van der Waals surface area contributed by atoms with E-state index in [4.69, 9.17) is 9.47 Å². The first kappa shape index (κ1) is 26.3. The zero-order valence-electron chi connectivity index (χ0n) is 20.9. The summed E-state index contributed by atoms with van der Waals surface area (Å²) in [4.78, 5) is 0. The summed E-state index contributed by atoms with van der Waals surface area (Å²) in [6.45, 7) is 3.95. The first-order chi connectivity index (χ1) is 16.5. The van der Waals surface area contributed by atoms with Gasteiger partial charge in [0.1, 0.15) is 30.0 Å². The van der Waals surface area contributed by atoms with Crippen LogP contribution in [0.5, 0.6) is 0 Å². The highest BCUT2D eigenvalue weighted by Gasteiger charge is 2.71. The highest BCUT2D eigenvalue weighted by Crippen LogP contribution is 2.72. The summed E-state index contributed by atoms with van der Waals surface area (Å²) in [6, 6.07) is 0. The fourth-order valence-electron chi connectivity index (χ4n) is 9.60. The van der Waals surface area contributed by atoms with Gasteiger partial charge in [0.2, 0.25) is 0 Å². The summed E-state index contributed by atoms with van der Waals surface area (Å²) < 4.78 is 11.7. The van der Waals surface area contributed by atoms with Crippen molar-refractivity contribution >= 4 is 0 Å². The molecular weight excluding hydrogens is 456 g/mol. The molecule has 0 amide bonds. The van der Waals surface area contributed by atoms with Gasteiger partial charge in [0, 0.05) is 5.41 Å². The second kappa shape index (κ2) is 8.85. The Bertz CT molecular complexity index is 795. The molecule has 1 aliphatic heterocycles. The molecule has 5 aliphatic rings. The highest BCUT2D eigenvalue weighted by atomic mass is 16.7. The third kappa shape index (κ3) is 3.61. The lowest BCUT2D eigenvalue weighted by Crippen LogP contribution is -2.62. The molecule has 7 N–H and O–H groups in total. The number of aliphatic hydroxyl groups excluding tert-OH is 6. The van der Waals surface area contributed by atoms with Crippen LogP contribution in [0.15, 0.2) is 0 Å². The Hall–Kier alpha value is -0.360. The second-order valence-corrected chi connectivity index (χ2v) is 12.9. The molecule has 5 rings (SSSR count). The van der Waals surface area contributed by atoms with Crippen LogP contribution in [0, 0.1) is 34.0 Å². The van der Waals surface area contributed by atoms with Crippen molar-refractivity contribution in [1.82, 2.24) is 0 Å². The van der Waals surface area contributed by atoms with E-state index in [-0.39, 0.29) is 28.1 Å². The van der Waals surface area contributed by atoms with Gasteiger partial charge in [-0.3, -0.25) is 0 Å². The number of ether oxygens (including phenoxy) is 2. The van der Waals surface area contributed by atoms with Crippen LogP contribution < -0.4 is 0 Å². The number of hydrogen-bond donors (Lipinski definition) is 7. The minimum absolute atomic E-state index is 0.0589. The maximum Gasteiger partial charge on any atom is 0.186 e. The topological polar surface area (TPSA) is 160 Å². The lowest BCUT2D eigenvalue weighted by molar-refractivity contribution is -0.311.